The molecule has 5 nitrogen and oxygen atoms in total. The number of carbonyl (C=O) groups excluding carboxylic acids is 1. The summed E-state index contributed by atoms with van der Waals surface area (Å²) in [6, 6.07) is 2.88. The van der Waals surface area contributed by atoms with Gasteiger partial charge in [0.25, 0.3) is 0 Å². The summed E-state index contributed by atoms with van der Waals surface area (Å²) in [6.07, 6.45) is 3.39. The molecule has 124 valence electrons. The molecule has 3 heterocycles. The van der Waals surface area contributed by atoms with Crippen molar-refractivity contribution < 1.29 is 18.7 Å². The Bertz CT molecular complexity index is 618. The number of hydrogen-bond acceptors (Lipinski definition) is 4. The molecule has 2 aliphatic heterocycles. The predicted octanol–water partition coefficient (Wildman–Crippen LogP) is 1.87. The first-order chi connectivity index (χ1) is 11.1. The van der Waals surface area contributed by atoms with E-state index in [-0.39, 0.29) is 29.2 Å². The fourth-order valence-electron chi connectivity index (χ4n) is 3.68. The highest BCUT2D eigenvalue weighted by Gasteiger charge is 2.57. The minimum absolute atomic E-state index is 0.0358. The van der Waals surface area contributed by atoms with Crippen molar-refractivity contribution in [3.63, 3.8) is 0 Å². The zero-order chi connectivity index (χ0) is 16.0. The zero-order valence-corrected chi connectivity index (χ0v) is 13.2. The average Bonchev–Trinajstić information content (AvgIpc) is 3.08. The summed E-state index contributed by atoms with van der Waals surface area (Å²) in [6.45, 7) is 4.42. The van der Waals surface area contributed by atoms with Gasteiger partial charge in [0.1, 0.15) is 5.60 Å². The van der Waals surface area contributed by atoms with Gasteiger partial charge in [0, 0.05) is 24.6 Å². The van der Waals surface area contributed by atoms with Gasteiger partial charge in [-0.15, -0.1) is 0 Å². The van der Waals surface area contributed by atoms with Crippen LogP contribution in [0, 0.1) is 23.6 Å². The highest BCUT2D eigenvalue weighted by Crippen LogP contribution is 2.45. The van der Waals surface area contributed by atoms with Crippen molar-refractivity contribution in [3.05, 3.63) is 24.1 Å². The standard InChI is InChI=1S/C17H21FN2O3/c1-11-7-13(11)16(21)20-9-17(10-20)12(4-6-23-17)8-22-15-14(18)3-2-5-19-15/h2-3,5,11-13H,4,6-10H2,1H3/t11-,12-,13-/m1/s1. The monoisotopic (exact) mass is 320 g/mol. The Balaban J connectivity index is 1.35. The van der Waals surface area contributed by atoms with Crippen molar-refractivity contribution in [3.8, 4) is 5.88 Å². The third-order valence-electron chi connectivity index (χ3n) is 5.40. The number of hydrogen-bond donors (Lipinski definition) is 0. The smallest absolute Gasteiger partial charge is 0.250 e. The van der Waals surface area contributed by atoms with Gasteiger partial charge in [-0.2, -0.15) is 0 Å². The molecule has 3 aliphatic rings. The van der Waals surface area contributed by atoms with Crippen LogP contribution >= 0.6 is 0 Å². The first kappa shape index (κ1) is 14.9. The number of ether oxygens (including phenoxy) is 2. The van der Waals surface area contributed by atoms with Crippen LogP contribution < -0.4 is 4.74 Å². The largest absolute Gasteiger partial charge is 0.475 e. The van der Waals surface area contributed by atoms with Gasteiger partial charge in [-0.3, -0.25) is 4.79 Å². The van der Waals surface area contributed by atoms with Crippen LogP contribution in [-0.4, -0.2) is 47.7 Å². The van der Waals surface area contributed by atoms with Gasteiger partial charge in [-0.05, 0) is 30.9 Å². The molecular formula is C17H21FN2O3. The van der Waals surface area contributed by atoms with E-state index in [1.165, 1.54) is 18.3 Å². The van der Waals surface area contributed by atoms with E-state index in [0.29, 0.717) is 32.2 Å². The number of pyridine rings is 1. The minimum atomic E-state index is -0.450. The Morgan fingerprint density at radius 3 is 3.04 bits per heavy atom. The molecule has 4 rings (SSSR count). The lowest BCUT2D eigenvalue weighted by atomic mass is 9.81. The molecule has 1 amide bonds. The van der Waals surface area contributed by atoms with Crippen LogP contribution in [0.25, 0.3) is 0 Å². The van der Waals surface area contributed by atoms with E-state index in [0.717, 1.165) is 12.8 Å². The number of likely N-dealkylation sites (tertiary alicyclic amines) is 1. The number of carbonyl (C=O) groups is 1. The third-order valence-corrected chi connectivity index (χ3v) is 5.40. The van der Waals surface area contributed by atoms with Gasteiger partial charge in [0.05, 0.1) is 19.7 Å². The molecule has 1 spiro atoms. The summed E-state index contributed by atoms with van der Waals surface area (Å²) in [4.78, 5) is 18.1. The Morgan fingerprint density at radius 1 is 1.57 bits per heavy atom. The highest BCUT2D eigenvalue weighted by molar-refractivity contribution is 5.82. The van der Waals surface area contributed by atoms with E-state index in [2.05, 4.69) is 11.9 Å². The fraction of sp³-hybridized carbons (Fsp3) is 0.647. The molecule has 0 bridgehead atoms. The van der Waals surface area contributed by atoms with Crippen molar-refractivity contribution in [2.45, 2.75) is 25.4 Å². The van der Waals surface area contributed by atoms with Gasteiger partial charge in [0.2, 0.25) is 11.8 Å². The molecule has 0 unspecified atom stereocenters. The van der Waals surface area contributed by atoms with Gasteiger partial charge in [0.15, 0.2) is 5.82 Å². The molecule has 0 aromatic carbocycles. The number of aromatic nitrogens is 1. The summed E-state index contributed by atoms with van der Waals surface area (Å²) in [5.74, 6) is 0.752. The molecule has 0 radical (unpaired) electrons. The quantitative estimate of drug-likeness (QED) is 0.850. The second kappa shape index (κ2) is 5.44. The average molecular weight is 320 g/mol. The highest BCUT2D eigenvalue weighted by atomic mass is 19.1. The maximum Gasteiger partial charge on any atom is 0.250 e. The van der Waals surface area contributed by atoms with Crippen molar-refractivity contribution >= 4 is 5.91 Å². The Labute approximate surface area is 134 Å². The van der Waals surface area contributed by atoms with Crippen molar-refractivity contribution in [1.29, 1.82) is 0 Å². The Kier molecular flexibility index (Phi) is 3.52. The Morgan fingerprint density at radius 2 is 2.35 bits per heavy atom. The number of nitrogens with zero attached hydrogens (tertiary/aromatic N) is 2. The van der Waals surface area contributed by atoms with Crippen molar-refractivity contribution in [2.75, 3.05) is 26.3 Å². The van der Waals surface area contributed by atoms with Crippen molar-refractivity contribution in [1.82, 2.24) is 9.88 Å². The number of rotatable bonds is 4. The fourth-order valence-corrected chi connectivity index (χ4v) is 3.68. The van der Waals surface area contributed by atoms with Gasteiger partial charge >= 0.3 is 0 Å². The van der Waals surface area contributed by atoms with Crippen LogP contribution in [0.4, 0.5) is 4.39 Å². The minimum Gasteiger partial charge on any atom is -0.475 e. The molecule has 6 heteroatoms. The summed E-state index contributed by atoms with van der Waals surface area (Å²) in [7, 11) is 0. The van der Waals surface area contributed by atoms with Crippen LogP contribution in [0.3, 0.4) is 0 Å². The Hall–Kier alpha value is -1.69. The second-order valence-electron chi connectivity index (χ2n) is 7.01. The topological polar surface area (TPSA) is 51.7 Å². The molecular weight excluding hydrogens is 299 g/mol. The molecule has 3 atom stereocenters. The molecule has 3 fully saturated rings. The van der Waals surface area contributed by atoms with Gasteiger partial charge < -0.3 is 14.4 Å². The molecule has 1 aromatic heterocycles. The number of amides is 1. The van der Waals surface area contributed by atoms with Crippen LogP contribution in [0.2, 0.25) is 0 Å². The lowest BCUT2D eigenvalue weighted by Crippen LogP contribution is -2.67. The summed E-state index contributed by atoms with van der Waals surface area (Å²) >= 11 is 0. The third kappa shape index (κ3) is 2.59. The lowest BCUT2D eigenvalue weighted by molar-refractivity contribution is -0.168. The van der Waals surface area contributed by atoms with Crippen LogP contribution in [0.15, 0.2) is 18.3 Å². The molecule has 1 saturated carbocycles. The van der Waals surface area contributed by atoms with Crippen LogP contribution in [0.1, 0.15) is 19.8 Å². The normalized spacial score (nSPS) is 31.0. The summed E-state index contributed by atoms with van der Waals surface area (Å²) in [5.41, 5.74) is -0.307. The molecule has 1 aromatic rings. The van der Waals surface area contributed by atoms with Gasteiger partial charge in [-0.25, -0.2) is 9.37 Å². The molecule has 0 N–H and O–H groups in total. The number of halogens is 1. The van der Waals surface area contributed by atoms with E-state index in [4.69, 9.17) is 9.47 Å². The van der Waals surface area contributed by atoms with E-state index < -0.39 is 5.82 Å². The van der Waals surface area contributed by atoms with E-state index >= 15 is 0 Å². The molecule has 1 aliphatic carbocycles. The zero-order valence-electron chi connectivity index (χ0n) is 13.2. The maximum atomic E-state index is 13.6. The summed E-state index contributed by atoms with van der Waals surface area (Å²) < 4.78 is 25.1. The van der Waals surface area contributed by atoms with E-state index in [1.807, 2.05) is 4.90 Å². The molecule has 23 heavy (non-hydrogen) atoms. The molecule has 2 saturated heterocycles. The lowest BCUT2D eigenvalue weighted by Gasteiger charge is -2.50. The first-order valence-electron chi connectivity index (χ1n) is 8.25. The predicted molar refractivity (Wildman–Crippen MR) is 80.3 cm³/mol. The first-order valence-corrected chi connectivity index (χ1v) is 8.25. The van der Waals surface area contributed by atoms with Crippen molar-refractivity contribution in [2.24, 2.45) is 17.8 Å². The van der Waals surface area contributed by atoms with Crippen LogP contribution in [-0.2, 0) is 9.53 Å². The SMILES string of the molecule is C[C@@H]1C[C@H]1C(=O)N1CC2(C1)OCC[C@@H]2COc1ncccc1F. The van der Waals surface area contributed by atoms with E-state index in [9.17, 15) is 9.18 Å². The maximum absolute atomic E-state index is 13.6. The van der Waals surface area contributed by atoms with Crippen LogP contribution in [0.5, 0.6) is 5.88 Å². The summed E-state index contributed by atoms with van der Waals surface area (Å²) in [5, 5.41) is 0. The van der Waals surface area contributed by atoms with E-state index in [1.54, 1.807) is 0 Å². The van der Waals surface area contributed by atoms with Gasteiger partial charge in [-0.1, -0.05) is 6.92 Å². The second-order valence-corrected chi connectivity index (χ2v) is 7.01.